The first-order valence-electron chi connectivity index (χ1n) is 10.1. The smallest absolute Gasteiger partial charge is 0.227 e. The molecule has 25 heavy (non-hydrogen) atoms. The molecule has 3 fully saturated rings. The fourth-order valence-corrected chi connectivity index (χ4v) is 4.19. The van der Waals surface area contributed by atoms with Gasteiger partial charge in [-0.2, -0.15) is 4.98 Å². The maximum atomic E-state index is 12.6. The maximum absolute atomic E-state index is 12.6. The van der Waals surface area contributed by atoms with Crippen molar-refractivity contribution in [1.82, 2.24) is 19.9 Å². The second-order valence-corrected chi connectivity index (χ2v) is 7.91. The first-order valence-corrected chi connectivity index (χ1v) is 10.1. The lowest BCUT2D eigenvalue weighted by atomic mass is 10.0. The molecule has 0 N–H and O–H groups in total. The van der Waals surface area contributed by atoms with Gasteiger partial charge in [0.1, 0.15) is 0 Å². The van der Waals surface area contributed by atoms with Gasteiger partial charge >= 0.3 is 0 Å². The average Bonchev–Trinajstić information content (AvgIpc) is 3.44. The van der Waals surface area contributed by atoms with Crippen molar-refractivity contribution in [3.05, 3.63) is 11.7 Å². The van der Waals surface area contributed by atoms with Gasteiger partial charge in [0.05, 0.1) is 0 Å². The number of aryl methyl sites for hydroxylation is 1. The van der Waals surface area contributed by atoms with Crippen LogP contribution < -0.4 is 0 Å². The molecule has 2 saturated heterocycles. The molecule has 138 valence electrons. The zero-order chi connectivity index (χ0) is 17.1. The van der Waals surface area contributed by atoms with E-state index >= 15 is 0 Å². The molecule has 6 heteroatoms. The highest BCUT2D eigenvalue weighted by Gasteiger charge is 2.30. The summed E-state index contributed by atoms with van der Waals surface area (Å²) in [6.45, 7) is 4.22. The minimum atomic E-state index is 0.241. The number of rotatable bonds is 5. The van der Waals surface area contributed by atoms with E-state index < -0.39 is 0 Å². The maximum Gasteiger partial charge on any atom is 0.227 e. The van der Waals surface area contributed by atoms with Crippen LogP contribution in [0.25, 0.3) is 0 Å². The van der Waals surface area contributed by atoms with Crippen molar-refractivity contribution in [2.45, 2.75) is 76.2 Å². The minimum absolute atomic E-state index is 0.241. The van der Waals surface area contributed by atoms with Crippen molar-refractivity contribution in [3.63, 3.8) is 0 Å². The van der Waals surface area contributed by atoms with Crippen LogP contribution in [-0.4, -0.2) is 58.1 Å². The van der Waals surface area contributed by atoms with Crippen LogP contribution in [0.1, 0.15) is 75.4 Å². The van der Waals surface area contributed by atoms with Crippen molar-refractivity contribution in [1.29, 1.82) is 0 Å². The monoisotopic (exact) mass is 346 g/mol. The van der Waals surface area contributed by atoms with Gasteiger partial charge in [-0.15, -0.1) is 0 Å². The molecule has 1 atom stereocenters. The quantitative estimate of drug-likeness (QED) is 0.820. The number of piperidine rings is 1. The van der Waals surface area contributed by atoms with Crippen molar-refractivity contribution in [3.8, 4) is 0 Å². The van der Waals surface area contributed by atoms with Crippen molar-refractivity contribution >= 4 is 5.91 Å². The molecule has 2 aliphatic heterocycles. The normalized spacial score (nSPS) is 25.8. The van der Waals surface area contributed by atoms with Gasteiger partial charge in [-0.05, 0) is 51.6 Å². The van der Waals surface area contributed by atoms with E-state index in [0.29, 0.717) is 30.7 Å². The lowest BCUT2D eigenvalue weighted by Crippen LogP contribution is -2.50. The third kappa shape index (κ3) is 4.40. The SMILES string of the molecule is O=C(CCc1nc(C2CC2)no1)N1CCCC(N2CCCCCC2)C1. The highest BCUT2D eigenvalue weighted by Crippen LogP contribution is 2.38. The summed E-state index contributed by atoms with van der Waals surface area (Å²) in [6, 6.07) is 0.556. The van der Waals surface area contributed by atoms with Crippen molar-refractivity contribution < 1.29 is 9.32 Å². The van der Waals surface area contributed by atoms with Crippen LogP contribution in [0, 0.1) is 0 Å². The molecule has 0 bridgehead atoms. The van der Waals surface area contributed by atoms with Crippen LogP contribution >= 0.6 is 0 Å². The van der Waals surface area contributed by atoms with Gasteiger partial charge in [-0.25, -0.2) is 0 Å². The summed E-state index contributed by atoms with van der Waals surface area (Å²) in [5.41, 5.74) is 0. The summed E-state index contributed by atoms with van der Waals surface area (Å²) in [6.07, 6.45) is 11.1. The second-order valence-electron chi connectivity index (χ2n) is 7.91. The summed E-state index contributed by atoms with van der Waals surface area (Å²) in [7, 11) is 0. The van der Waals surface area contributed by atoms with Crippen molar-refractivity contribution in [2.24, 2.45) is 0 Å². The van der Waals surface area contributed by atoms with E-state index in [4.69, 9.17) is 4.52 Å². The standard InChI is InChI=1S/C19H30N4O2/c24-18(10-9-17-20-19(21-25-17)15-7-8-15)23-13-5-6-16(14-23)22-11-3-1-2-4-12-22/h15-16H,1-14H2. The van der Waals surface area contributed by atoms with E-state index in [1.54, 1.807) is 0 Å². The molecule has 0 radical (unpaired) electrons. The zero-order valence-electron chi connectivity index (χ0n) is 15.2. The molecule has 1 aliphatic carbocycles. The summed E-state index contributed by atoms with van der Waals surface area (Å²) < 4.78 is 5.29. The Balaban J connectivity index is 1.27. The van der Waals surface area contributed by atoms with Gasteiger partial charge in [0.15, 0.2) is 5.82 Å². The first kappa shape index (κ1) is 17.0. The molecule has 1 aromatic rings. The van der Waals surface area contributed by atoms with E-state index in [2.05, 4.69) is 19.9 Å². The Hall–Kier alpha value is -1.43. The number of carbonyl (C=O) groups is 1. The molecule has 1 unspecified atom stereocenters. The highest BCUT2D eigenvalue weighted by molar-refractivity contribution is 5.76. The predicted molar refractivity (Wildman–Crippen MR) is 94.2 cm³/mol. The van der Waals surface area contributed by atoms with E-state index in [1.165, 1.54) is 58.0 Å². The first-order chi connectivity index (χ1) is 12.3. The van der Waals surface area contributed by atoms with Gasteiger partial charge in [0.25, 0.3) is 0 Å². The third-order valence-electron chi connectivity index (χ3n) is 5.89. The lowest BCUT2D eigenvalue weighted by molar-refractivity contribution is -0.133. The van der Waals surface area contributed by atoms with E-state index in [-0.39, 0.29) is 5.91 Å². The van der Waals surface area contributed by atoms with Crippen LogP contribution in [0.15, 0.2) is 4.52 Å². The largest absolute Gasteiger partial charge is 0.341 e. The number of hydrogen-bond acceptors (Lipinski definition) is 5. The molecule has 4 rings (SSSR count). The average molecular weight is 346 g/mol. The molecule has 1 aromatic heterocycles. The Morgan fingerprint density at radius 3 is 2.60 bits per heavy atom. The lowest BCUT2D eigenvalue weighted by Gasteiger charge is -2.39. The van der Waals surface area contributed by atoms with Gasteiger partial charge in [0, 0.05) is 37.9 Å². The van der Waals surface area contributed by atoms with E-state index in [1.807, 2.05) is 0 Å². The Bertz CT molecular complexity index is 576. The highest BCUT2D eigenvalue weighted by atomic mass is 16.5. The molecule has 1 saturated carbocycles. The Kier molecular flexibility index (Phi) is 5.34. The Morgan fingerprint density at radius 1 is 1.04 bits per heavy atom. The number of carbonyl (C=O) groups excluding carboxylic acids is 1. The molecule has 0 aromatic carbocycles. The predicted octanol–water partition coefficient (Wildman–Crippen LogP) is 2.75. The van der Waals surface area contributed by atoms with Gasteiger partial charge in [-0.1, -0.05) is 18.0 Å². The summed E-state index contributed by atoms with van der Waals surface area (Å²) in [4.78, 5) is 21.8. The van der Waals surface area contributed by atoms with E-state index in [0.717, 1.165) is 25.3 Å². The van der Waals surface area contributed by atoms with Crippen molar-refractivity contribution in [2.75, 3.05) is 26.2 Å². The van der Waals surface area contributed by atoms with Crippen LogP contribution in [0.5, 0.6) is 0 Å². The number of hydrogen-bond donors (Lipinski definition) is 0. The van der Waals surface area contributed by atoms with Crippen LogP contribution in [0.4, 0.5) is 0 Å². The Morgan fingerprint density at radius 2 is 1.84 bits per heavy atom. The molecular weight excluding hydrogens is 316 g/mol. The van der Waals surface area contributed by atoms with Gasteiger partial charge in [0.2, 0.25) is 11.8 Å². The van der Waals surface area contributed by atoms with Crippen LogP contribution in [-0.2, 0) is 11.2 Å². The van der Waals surface area contributed by atoms with Gasteiger partial charge < -0.3 is 9.42 Å². The molecular formula is C19H30N4O2. The molecule has 3 aliphatic rings. The number of likely N-dealkylation sites (tertiary alicyclic amines) is 2. The van der Waals surface area contributed by atoms with Gasteiger partial charge in [-0.3, -0.25) is 9.69 Å². The summed E-state index contributed by atoms with van der Waals surface area (Å²) >= 11 is 0. The number of nitrogens with zero attached hydrogens (tertiary/aromatic N) is 4. The summed E-state index contributed by atoms with van der Waals surface area (Å²) in [5, 5.41) is 4.03. The fourth-order valence-electron chi connectivity index (χ4n) is 4.19. The fraction of sp³-hybridized carbons (Fsp3) is 0.842. The number of aromatic nitrogens is 2. The topological polar surface area (TPSA) is 62.5 Å². The molecule has 3 heterocycles. The number of amides is 1. The van der Waals surface area contributed by atoms with Crippen LogP contribution in [0.3, 0.4) is 0 Å². The Labute approximate surface area is 149 Å². The third-order valence-corrected chi connectivity index (χ3v) is 5.89. The molecule has 6 nitrogen and oxygen atoms in total. The van der Waals surface area contributed by atoms with E-state index in [9.17, 15) is 4.79 Å². The van der Waals surface area contributed by atoms with Crippen LogP contribution in [0.2, 0.25) is 0 Å². The molecule has 0 spiro atoms. The summed E-state index contributed by atoms with van der Waals surface area (Å²) in [5.74, 6) is 2.20. The second kappa shape index (κ2) is 7.85. The minimum Gasteiger partial charge on any atom is -0.341 e. The molecule has 1 amide bonds. The zero-order valence-corrected chi connectivity index (χ0v) is 15.2.